The molecule has 2 aromatic heterocycles. The fourth-order valence-corrected chi connectivity index (χ4v) is 13.1. The molecule has 3 nitrogen and oxygen atoms in total. The molecule has 14 aromatic rings. The average molecular weight is 941 g/mol. The summed E-state index contributed by atoms with van der Waals surface area (Å²) in [5.74, 6) is 0. The average Bonchev–Trinajstić information content (AvgIpc) is 4.04. The maximum Gasteiger partial charge on any atom is 0.333 e. The highest BCUT2D eigenvalue weighted by molar-refractivity contribution is 6.90. The van der Waals surface area contributed by atoms with E-state index in [1.165, 1.54) is 116 Å². The van der Waals surface area contributed by atoms with Crippen LogP contribution in [0.4, 0.5) is 17.1 Å². The van der Waals surface area contributed by atoms with Crippen LogP contribution in [0.3, 0.4) is 0 Å². The van der Waals surface area contributed by atoms with Gasteiger partial charge < -0.3 is 13.8 Å². The van der Waals surface area contributed by atoms with Crippen molar-refractivity contribution >= 4 is 100 Å². The highest BCUT2D eigenvalue weighted by atomic mass is 16.3. The molecule has 0 spiro atoms. The van der Waals surface area contributed by atoms with E-state index in [9.17, 15) is 0 Å². The summed E-state index contributed by atoms with van der Waals surface area (Å²) >= 11 is 0. The molecule has 0 unspecified atom stereocenters. The third-order valence-electron chi connectivity index (χ3n) is 16.2. The van der Waals surface area contributed by atoms with Crippen molar-refractivity contribution in [3.8, 4) is 33.4 Å². The van der Waals surface area contributed by atoms with Crippen LogP contribution in [0.1, 0.15) is 22.3 Å². The van der Waals surface area contributed by atoms with E-state index >= 15 is 0 Å². The van der Waals surface area contributed by atoms with Crippen LogP contribution in [0, 0.1) is 0 Å². The van der Waals surface area contributed by atoms with Crippen molar-refractivity contribution in [3.05, 3.63) is 271 Å². The minimum atomic E-state index is -0.190. The second-order valence-electron chi connectivity index (χ2n) is 20.3. The first-order valence-electron chi connectivity index (χ1n) is 25.9. The summed E-state index contributed by atoms with van der Waals surface area (Å²) in [6.07, 6.45) is 1.60. The molecule has 0 atom stereocenters. The number of anilines is 3. The van der Waals surface area contributed by atoms with Gasteiger partial charge in [-0.2, -0.15) is 0 Å². The first kappa shape index (κ1) is 41.3. The van der Waals surface area contributed by atoms with Crippen molar-refractivity contribution < 1.29 is 4.42 Å². The minimum Gasteiger partial charge on any atom is -0.455 e. The summed E-state index contributed by atoms with van der Waals surface area (Å²) in [7, 11) is 0. The van der Waals surface area contributed by atoms with Gasteiger partial charge in [-0.15, -0.1) is 0 Å². The Hall–Kier alpha value is -9.38. The van der Waals surface area contributed by atoms with Gasteiger partial charge >= 0.3 is 6.85 Å². The van der Waals surface area contributed by atoms with Gasteiger partial charge in [0.25, 0.3) is 0 Å². The molecule has 344 valence electrons. The third kappa shape index (κ3) is 6.09. The number of hydrogen-bond donors (Lipinski definition) is 0. The fourth-order valence-electron chi connectivity index (χ4n) is 13.1. The van der Waals surface area contributed by atoms with Gasteiger partial charge in [0.2, 0.25) is 0 Å². The molecule has 0 aliphatic carbocycles. The Kier molecular flexibility index (Phi) is 8.96. The van der Waals surface area contributed by atoms with Gasteiger partial charge in [-0.05, 0) is 132 Å². The lowest BCUT2D eigenvalue weighted by Gasteiger charge is -2.41. The standard InChI is InChI=1S/C70H45BN2O/c1-5-20-44(21-6-1)36-57-51-28-13-14-29-52(51)58(37-45-22-7-2-8-23-45)60-42-64-62(41-59(57)60)71-68-65(72(64)50-39-48(46-24-9-3-10-25-46)38-49(40-50)47-26-11-4-12-27-47)43-61-54-31-16-18-35-66(54)74-70(61)67(68)56-33-19-32-55-53-30-15-17-34-63(53)73(71)69(55)56/h1-35,38-43H,36-37H2. The Balaban J connectivity index is 1.11. The summed E-state index contributed by atoms with van der Waals surface area (Å²) in [4.78, 5) is 2.62. The lowest BCUT2D eigenvalue weighted by Crippen LogP contribution is -2.56. The molecule has 74 heavy (non-hydrogen) atoms. The van der Waals surface area contributed by atoms with Crippen molar-refractivity contribution in [1.82, 2.24) is 4.48 Å². The van der Waals surface area contributed by atoms with Gasteiger partial charge in [-0.1, -0.05) is 206 Å². The number of benzene rings is 12. The number of rotatable bonds is 7. The van der Waals surface area contributed by atoms with Gasteiger partial charge in [0.15, 0.2) is 0 Å². The molecule has 4 heteroatoms. The molecule has 16 rings (SSSR count). The quantitative estimate of drug-likeness (QED) is 0.117. The van der Waals surface area contributed by atoms with E-state index in [0.29, 0.717) is 0 Å². The van der Waals surface area contributed by atoms with Crippen LogP contribution in [-0.2, 0) is 12.8 Å². The van der Waals surface area contributed by atoms with Crippen LogP contribution >= 0.6 is 0 Å². The molecule has 0 N–H and O–H groups in total. The molecule has 2 aliphatic heterocycles. The number of aromatic nitrogens is 1. The zero-order chi connectivity index (χ0) is 48.4. The molecule has 0 fully saturated rings. The van der Waals surface area contributed by atoms with Gasteiger partial charge in [0.05, 0.1) is 0 Å². The van der Waals surface area contributed by atoms with E-state index in [-0.39, 0.29) is 6.85 Å². The zero-order valence-corrected chi connectivity index (χ0v) is 40.5. The van der Waals surface area contributed by atoms with Crippen molar-refractivity contribution in [3.63, 3.8) is 0 Å². The Morgan fingerprint density at radius 3 is 1.55 bits per heavy atom. The molecule has 0 saturated heterocycles. The van der Waals surface area contributed by atoms with Gasteiger partial charge in [0.1, 0.15) is 11.2 Å². The van der Waals surface area contributed by atoms with E-state index < -0.39 is 0 Å². The highest BCUT2D eigenvalue weighted by Crippen LogP contribution is 2.51. The van der Waals surface area contributed by atoms with Crippen molar-refractivity contribution in [2.24, 2.45) is 0 Å². The molecule has 2 aliphatic rings. The highest BCUT2D eigenvalue weighted by Gasteiger charge is 2.45. The van der Waals surface area contributed by atoms with E-state index in [2.05, 4.69) is 258 Å². The smallest absolute Gasteiger partial charge is 0.333 e. The van der Waals surface area contributed by atoms with E-state index in [4.69, 9.17) is 4.42 Å². The number of hydrogen-bond acceptors (Lipinski definition) is 2. The number of fused-ring (bicyclic) bond motifs is 13. The first-order chi connectivity index (χ1) is 36.7. The zero-order valence-electron chi connectivity index (χ0n) is 40.5. The van der Waals surface area contributed by atoms with Gasteiger partial charge in [-0.25, -0.2) is 0 Å². The van der Waals surface area contributed by atoms with Crippen LogP contribution in [0.15, 0.2) is 253 Å². The topological polar surface area (TPSA) is 21.3 Å². The van der Waals surface area contributed by atoms with Crippen LogP contribution in [0.5, 0.6) is 0 Å². The SMILES string of the molecule is c1ccc(Cc2c3ccccc3c(Cc3ccccc3)c3cc4c(cc23)B2c3c(cc5c(oc6ccccc65)c3-c3cccc5c6ccccc6n2c35)N4c2cc(-c3ccccc3)cc(-c3ccccc3)c2)cc1. The lowest BCUT2D eigenvalue weighted by molar-refractivity contribution is 0.670. The predicted octanol–water partition coefficient (Wildman–Crippen LogP) is 16.9. The van der Waals surface area contributed by atoms with Crippen LogP contribution in [0.2, 0.25) is 0 Å². The maximum absolute atomic E-state index is 7.17. The summed E-state index contributed by atoms with van der Waals surface area (Å²) in [5, 5.41) is 9.92. The molecule has 0 saturated carbocycles. The molecular formula is C70H45BN2O. The molecule has 0 bridgehead atoms. The van der Waals surface area contributed by atoms with Crippen LogP contribution < -0.4 is 15.8 Å². The summed E-state index contributed by atoms with van der Waals surface area (Å²) in [6, 6.07) is 92.4. The Labute approximate surface area is 428 Å². The van der Waals surface area contributed by atoms with Crippen molar-refractivity contribution in [2.45, 2.75) is 12.8 Å². The van der Waals surface area contributed by atoms with Crippen LogP contribution in [0.25, 0.3) is 98.7 Å². The normalized spacial score (nSPS) is 12.6. The molecular weight excluding hydrogens is 896 g/mol. The monoisotopic (exact) mass is 940 g/mol. The number of nitrogens with zero attached hydrogens (tertiary/aromatic N) is 2. The first-order valence-corrected chi connectivity index (χ1v) is 25.9. The van der Waals surface area contributed by atoms with E-state index in [1.807, 2.05) is 0 Å². The third-order valence-corrected chi connectivity index (χ3v) is 16.2. The second kappa shape index (κ2) is 16.1. The summed E-state index contributed by atoms with van der Waals surface area (Å²) in [5.41, 5.74) is 22.6. The van der Waals surface area contributed by atoms with Gasteiger partial charge in [0, 0.05) is 60.8 Å². The number of para-hydroxylation sites is 3. The largest absolute Gasteiger partial charge is 0.455 e. The summed E-state index contributed by atoms with van der Waals surface area (Å²) < 4.78 is 9.86. The van der Waals surface area contributed by atoms with E-state index in [0.717, 1.165) is 46.2 Å². The number of furan rings is 1. The molecule has 4 heterocycles. The molecule has 0 radical (unpaired) electrons. The summed E-state index contributed by atoms with van der Waals surface area (Å²) in [6.45, 7) is -0.190. The maximum atomic E-state index is 7.17. The van der Waals surface area contributed by atoms with Gasteiger partial charge in [-0.3, -0.25) is 0 Å². The Morgan fingerprint density at radius 2 is 0.905 bits per heavy atom. The Bertz CT molecular complexity index is 4540. The molecule has 0 amide bonds. The van der Waals surface area contributed by atoms with E-state index in [1.54, 1.807) is 0 Å². The predicted molar refractivity (Wildman–Crippen MR) is 312 cm³/mol. The Morgan fingerprint density at radius 1 is 0.378 bits per heavy atom. The second-order valence-corrected chi connectivity index (χ2v) is 20.3. The van der Waals surface area contributed by atoms with Crippen LogP contribution in [-0.4, -0.2) is 11.3 Å². The van der Waals surface area contributed by atoms with Crippen molar-refractivity contribution in [2.75, 3.05) is 4.90 Å². The van der Waals surface area contributed by atoms with Crippen molar-refractivity contribution in [1.29, 1.82) is 0 Å². The lowest BCUT2D eigenvalue weighted by atomic mass is 9.44. The molecule has 12 aromatic carbocycles. The fraction of sp³-hybridized carbons (Fsp3) is 0.0286. The minimum absolute atomic E-state index is 0.190.